The zero-order valence-corrected chi connectivity index (χ0v) is 22.2. The van der Waals surface area contributed by atoms with Gasteiger partial charge in [-0.15, -0.1) is 0 Å². The van der Waals surface area contributed by atoms with Gasteiger partial charge >= 0.3 is 0 Å². The molecule has 9 nitrogen and oxygen atoms in total. The Labute approximate surface area is 217 Å². The Morgan fingerprint density at radius 2 is 1.97 bits per heavy atom. The second-order valence-electron chi connectivity index (χ2n) is 9.57. The molecule has 0 bridgehead atoms. The van der Waals surface area contributed by atoms with Crippen molar-refractivity contribution in [2.45, 2.75) is 52.2 Å². The first-order chi connectivity index (χ1) is 17.2. The molecule has 0 spiro atoms. The molecule has 1 fully saturated rings. The summed E-state index contributed by atoms with van der Waals surface area (Å²) in [7, 11) is 0. The predicted octanol–water partition coefficient (Wildman–Crippen LogP) is 4.46. The number of carbonyl (C=O) groups is 2. The average molecular weight is 550 g/mol. The molecule has 1 unspecified atom stereocenters. The monoisotopic (exact) mass is 549 g/mol. The zero-order valence-electron chi connectivity index (χ0n) is 20.6. The topological polar surface area (TPSA) is 119 Å². The number of benzene rings is 1. The lowest BCUT2D eigenvalue weighted by atomic mass is 10.0. The van der Waals surface area contributed by atoms with Crippen LogP contribution in [0.5, 0.6) is 0 Å². The molecule has 36 heavy (non-hydrogen) atoms. The minimum absolute atomic E-state index is 0.110. The SMILES string of the molecule is Cc1ccc2c(c1)c1c(N)ncnc1n2C(C)C(=O)N1[C@H](C)[C@H](C)C[C@H]1C(=O)Nc1cccc(Br)n1. The number of nitrogens with zero attached hydrogens (tertiary/aromatic N) is 5. The quantitative estimate of drug-likeness (QED) is 0.363. The maximum atomic E-state index is 14.1. The van der Waals surface area contributed by atoms with Gasteiger partial charge in [0.15, 0.2) is 0 Å². The number of likely N-dealkylation sites (tertiary alicyclic amines) is 1. The van der Waals surface area contributed by atoms with Crippen LogP contribution in [-0.4, -0.2) is 48.3 Å². The van der Waals surface area contributed by atoms with Gasteiger partial charge in [0.25, 0.3) is 0 Å². The lowest BCUT2D eigenvalue weighted by Crippen LogP contribution is -2.48. The van der Waals surface area contributed by atoms with Crippen molar-refractivity contribution in [1.82, 2.24) is 24.4 Å². The fraction of sp³-hybridized carbons (Fsp3) is 0.346. The van der Waals surface area contributed by atoms with Crippen LogP contribution in [0.4, 0.5) is 11.6 Å². The highest BCUT2D eigenvalue weighted by Gasteiger charge is 2.44. The molecule has 0 saturated carbocycles. The Balaban J connectivity index is 1.54. The van der Waals surface area contributed by atoms with E-state index in [4.69, 9.17) is 5.73 Å². The molecule has 1 aliphatic rings. The molecule has 0 radical (unpaired) electrons. The van der Waals surface area contributed by atoms with Crippen molar-refractivity contribution in [3.8, 4) is 0 Å². The number of aryl methyl sites for hydroxylation is 1. The fourth-order valence-corrected chi connectivity index (χ4v) is 5.56. The van der Waals surface area contributed by atoms with Crippen molar-refractivity contribution in [2.24, 2.45) is 5.92 Å². The molecule has 3 N–H and O–H groups in total. The van der Waals surface area contributed by atoms with Gasteiger partial charge < -0.3 is 20.5 Å². The summed E-state index contributed by atoms with van der Waals surface area (Å²) in [5, 5.41) is 4.51. The Hall–Kier alpha value is -3.53. The summed E-state index contributed by atoms with van der Waals surface area (Å²) < 4.78 is 2.53. The molecule has 0 aliphatic carbocycles. The van der Waals surface area contributed by atoms with Crippen molar-refractivity contribution >= 4 is 61.3 Å². The number of hydrogen-bond acceptors (Lipinski definition) is 6. The smallest absolute Gasteiger partial charge is 0.248 e. The van der Waals surface area contributed by atoms with E-state index in [-0.39, 0.29) is 23.8 Å². The Bertz CT molecular complexity index is 1500. The Morgan fingerprint density at radius 3 is 2.72 bits per heavy atom. The summed E-state index contributed by atoms with van der Waals surface area (Å²) in [6.45, 7) is 7.92. The van der Waals surface area contributed by atoms with E-state index in [0.29, 0.717) is 28.3 Å². The van der Waals surface area contributed by atoms with E-state index >= 15 is 0 Å². The van der Waals surface area contributed by atoms with Crippen LogP contribution in [0.25, 0.3) is 21.9 Å². The molecule has 2 amide bonds. The van der Waals surface area contributed by atoms with E-state index < -0.39 is 12.1 Å². The third kappa shape index (κ3) is 3.99. The first-order valence-electron chi connectivity index (χ1n) is 11.9. The molecule has 1 aliphatic heterocycles. The number of nitrogens with one attached hydrogen (secondary N) is 1. The number of nitrogen functional groups attached to an aromatic ring is 1. The lowest BCUT2D eigenvalue weighted by Gasteiger charge is -2.31. The van der Waals surface area contributed by atoms with Crippen LogP contribution in [0.15, 0.2) is 47.3 Å². The predicted molar refractivity (Wildman–Crippen MR) is 143 cm³/mol. The summed E-state index contributed by atoms with van der Waals surface area (Å²) in [6, 6.07) is 9.99. The van der Waals surface area contributed by atoms with E-state index in [1.54, 1.807) is 23.1 Å². The van der Waals surface area contributed by atoms with E-state index in [1.165, 1.54) is 6.33 Å². The molecule has 4 atom stereocenters. The van der Waals surface area contributed by atoms with Gasteiger partial charge in [0.05, 0.1) is 10.9 Å². The van der Waals surface area contributed by atoms with Crippen molar-refractivity contribution in [3.05, 3.63) is 52.9 Å². The van der Waals surface area contributed by atoms with Crippen LogP contribution < -0.4 is 11.1 Å². The van der Waals surface area contributed by atoms with E-state index in [2.05, 4.69) is 43.1 Å². The number of amides is 2. The van der Waals surface area contributed by atoms with Crippen LogP contribution in [0.3, 0.4) is 0 Å². The summed E-state index contributed by atoms with van der Waals surface area (Å²) in [5.74, 6) is 0.571. The van der Waals surface area contributed by atoms with Crippen molar-refractivity contribution < 1.29 is 9.59 Å². The molecular formula is C26H28BrN7O2. The van der Waals surface area contributed by atoms with E-state index in [9.17, 15) is 9.59 Å². The minimum atomic E-state index is -0.617. The van der Waals surface area contributed by atoms with Crippen molar-refractivity contribution in [2.75, 3.05) is 11.1 Å². The van der Waals surface area contributed by atoms with Gasteiger partial charge in [-0.1, -0.05) is 24.6 Å². The van der Waals surface area contributed by atoms with Gasteiger partial charge in [-0.25, -0.2) is 15.0 Å². The molecule has 5 rings (SSSR count). The maximum absolute atomic E-state index is 14.1. The molecule has 1 saturated heterocycles. The van der Waals surface area contributed by atoms with E-state index in [0.717, 1.165) is 21.9 Å². The summed E-state index contributed by atoms with van der Waals surface area (Å²) in [6.07, 6.45) is 1.99. The number of pyridine rings is 1. The lowest BCUT2D eigenvalue weighted by molar-refractivity contribution is -0.141. The molecule has 4 heterocycles. The molecular weight excluding hydrogens is 522 g/mol. The van der Waals surface area contributed by atoms with Crippen molar-refractivity contribution in [3.63, 3.8) is 0 Å². The number of rotatable bonds is 4. The standard InChI is InChI=1S/C26H28BrN7O2/c1-13-8-9-18-17(10-13)22-23(28)29-12-30-24(22)33(18)16(4)26(36)34-15(3)14(2)11-19(34)25(35)32-21-7-5-6-20(27)31-21/h5-10,12,14-16,19H,11H2,1-4H3,(H2,28,29,30)(H,31,32,35)/t14-,15-,16?,19+/m1/s1. The first-order valence-corrected chi connectivity index (χ1v) is 12.7. The molecule has 10 heteroatoms. The summed E-state index contributed by atoms with van der Waals surface area (Å²) in [4.78, 5) is 42.1. The normalized spacial score (nSPS) is 20.7. The summed E-state index contributed by atoms with van der Waals surface area (Å²) >= 11 is 3.33. The second-order valence-corrected chi connectivity index (χ2v) is 10.4. The van der Waals surface area contributed by atoms with Crippen LogP contribution >= 0.6 is 15.9 Å². The third-order valence-electron chi connectivity index (χ3n) is 7.23. The number of hydrogen-bond donors (Lipinski definition) is 2. The number of nitrogens with two attached hydrogens (primary N) is 1. The highest BCUT2D eigenvalue weighted by atomic mass is 79.9. The van der Waals surface area contributed by atoms with Crippen LogP contribution in [0.2, 0.25) is 0 Å². The zero-order chi connectivity index (χ0) is 25.7. The van der Waals surface area contributed by atoms with Gasteiger partial charge in [-0.05, 0) is 73.3 Å². The number of aromatic nitrogens is 4. The van der Waals surface area contributed by atoms with Crippen molar-refractivity contribution in [1.29, 1.82) is 0 Å². The maximum Gasteiger partial charge on any atom is 0.248 e. The number of fused-ring (bicyclic) bond motifs is 3. The third-order valence-corrected chi connectivity index (χ3v) is 7.67. The Kier molecular flexibility index (Phi) is 6.15. The molecule has 3 aromatic heterocycles. The molecule has 4 aromatic rings. The molecule has 186 valence electrons. The van der Waals surface area contributed by atoms with Gasteiger partial charge in [-0.3, -0.25) is 9.59 Å². The minimum Gasteiger partial charge on any atom is -0.383 e. The number of halogens is 1. The second kappa shape index (κ2) is 9.16. The number of anilines is 2. The van der Waals surface area contributed by atoms with Crippen LogP contribution in [-0.2, 0) is 9.59 Å². The Morgan fingerprint density at radius 1 is 1.19 bits per heavy atom. The summed E-state index contributed by atoms with van der Waals surface area (Å²) in [5.41, 5.74) is 8.77. The van der Waals surface area contributed by atoms with Crippen LogP contribution in [0, 0.1) is 12.8 Å². The first kappa shape index (κ1) is 24.2. The number of carbonyl (C=O) groups excluding carboxylic acids is 2. The van der Waals surface area contributed by atoms with Gasteiger partial charge in [0, 0.05) is 11.4 Å². The largest absolute Gasteiger partial charge is 0.383 e. The molecule has 1 aromatic carbocycles. The van der Waals surface area contributed by atoms with Crippen LogP contribution in [0.1, 0.15) is 38.8 Å². The van der Waals surface area contributed by atoms with Gasteiger partial charge in [0.2, 0.25) is 11.8 Å². The fourth-order valence-electron chi connectivity index (χ4n) is 5.22. The van der Waals surface area contributed by atoms with Gasteiger partial charge in [0.1, 0.15) is 40.3 Å². The highest BCUT2D eigenvalue weighted by molar-refractivity contribution is 9.10. The highest BCUT2D eigenvalue weighted by Crippen LogP contribution is 2.37. The van der Waals surface area contributed by atoms with Gasteiger partial charge in [-0.2, -0.15) is 0 Å². The average Bonchev–Trinajstić information content (AvgIpc) is 3.32. The van der Waals surface area contributed by atoms with E-state index in [1.807, 2.05) is 43.5 Å².